The second-order valence-corrected chi connectivity index (χ2v) is 6.71. The number of piperidine rings is 1. The topological polar surface area (TPSA) is 29.3 Å². The van der Waals surface area contributed by atoms with Crippen molar-refractivity contribution in [2.45, 2.75) is 33.6 Å². The predicted molar refractivity (Wildman–Crippen MR) is 80.3 cm³/mol. The van der Waals surface area contributed by atoms with Crippen molar-refractivity contribution in [3.05, 3.63) is 23.2 Å². The number of nitrogen functional groups attached to an aromatic ring is 1. The highest BCUT2D eigenvalue weighted by Crippen LogP contribution is 2.37. The van der Waals surface area contributed by atoms with E-state index in [9.17, 15) is 0 Å². The molecule has 0 aromatic heterocycles. The van der Waals surface area contributed by atoms with Crippen LogP contribution in [0.3, 0.4) is 0 Å². The number of hydrogen-bond acceptors (Lipinski definition) is 2. The second kappa shape index (κ2) is 5.00. The van der Waals surface area contributed by atoms with Crippen molar-refractivity contribution in [3.8, 4) is 0 Å². The molecule has 1 aromatic rings. The molecule has 1 aliphatic heterocycles. The Kier molecular flexibility index (Phi) is 3.76. The molecule has 100 valence electrons. The van der Waals surface area contributed by atoms with E-state index >= 15 is 0 Å². The van der Waals surface area contributed by atoms with Gasteiger partial charge in [0.15, 0.2) is 0 Å². The number of benzene rings is 1. The number of halogens is 1. The van der Waals surface area contributed by atoms with E-state index in [0.29, 0.717) is 16.1 Å². The summed E-state index contributed by atoms with van der Waals surface area (Å²) in [6.45, 7) is 9.15. The molecule has 0 unspecified atom stereocenters. The van der Waals surface area contributed by atoms with Gasteiger partial charge in [-0.15, -0.1) is 0 Å². The maximum Gasteiger partial charge on any atom is 0.0741 e. The number of nitrogens with two attached hydrogens (primary N) is 1. The zero-order chi connectivity index (χ0) is 13.3. The van der Waals surface area contributed by atoms with Gasteiger partial charge in [-0.25, -0.2) is 0 Å². The molecule has 2 N–H and O–H groups in total. The molecule has 1 aliphatic rings. The Morgan fingerprint density at radius 2 is 1.83 bits per heavy atom. The Labute approximate surface area is 115 Å². The Hall–Kier alpha value is -0.890. The summed E-state index contributed by atoms with van der Waals surface area (Å²) in [6, 6.07) is 5.89. The van der Waals surface area contributed by atoms with Crippen LogP contribution in [0.1, 0.15) is 33.6 Å². The molecule has 1 fully saturated rings. The van der Waals surface area contributed by atoms with Crippen molar-refractivity contribution < 1.29 is 0 Å². The molecular weight excluding hydrogens is 244 g/mol. The van der Waals surface area contributed by atoms with Crippen molar-refractivity contribution in [2.75, 3.05) is 23.7 Å². The van der Waals surface area contributed by atoms with Crippen LogP contribution in [0.5, 0.6) is 0 Å². The van der Waals surface area contributed by atoms with Crippen LogP contribution in [0.25, 0.3) is 0 Å². The van der Waals surface area contributed by atoms with Crippen LogP contribution < -0.4 is 10.6 Å². The molecule has 1 heterocycles. The molecule has 18 heavy (non-hydrogen) atoms. The molecule has 2 nitrogen and oxygen atoms in total. The van der Waals surface area contributed by atoms with Gasteiger partial charge in [0.2, 0.25) is 0 Å². The average Bonchev–Trinajstić information content (AvgIpc) is 2.32. The average molecular weight is 267 g/mol. The summed E-state index contributed by atoms with van der Waals surface area (Å²) in [5.74, 6) is 0.800. The molecule has 0 aliphatic carbocycles. The van der Waals surface area contributed by atoms with Gasteiger partial charge in [0.25, 0.3) is 0 Å². The summed E-state index contributed by atoms with van der Waals surface area (Å²) in [4.78, 5) is 2.36. The first-order chi connectivity index (χ1) is 8.39. The Morgan fingerprint density at radius 1 is 1.22 bits per heavy atom. The largest absolute Gasteiger partial charge is 0.396 e. The van der Waals surface area contributed by atoms with E-state index in [4.69, 9.17) is 17.3 Å². The van der Waals surface area contributed by atoms with E-state index in [0.717, 1.165) is 24.7 Å². The minimum Gasteiger partial charge on any atom is -0.396 e. The summed E-state index contributed by atoms with van der Waals surface area (Å²) >= 11 is 6.08. The maximum atomic E-state index is 6.08. The quantitative estimate of drug-likeness (QED) is 0.773. The van der Waals surface area contributed by atoms with Gasteiger partial charge in [0, 0.05) is 13.1 Å². The third-order valence-electron chi connectivity index (χ3n) is 4.09. The van der Waals surface area contributed by atoms with Gasteiger partial charge in [-0.05, 0) is 36.3 Å². The fraction of sp³-hybridized carbons (Fsp3) is 0.600. The lowest BCUT2D eigenvalue weighted by molar-refractivity contribution is 0.199. The third-order valence-corrected chi connectivity index (χ3v) is 4.42. The predicted octanol–water partition coefficient (Wildman–Crippen LogP) is 4.18. The molecule has 0 saturated carbocycles. The molecule has 1 saturated heterocycles. The number of hydrogen-bond donors (Lipinski definition) is 1. The van der Waals surface area contributed by atoms with E-state index < -0.39 is 0 Å². The van der Waals surface area contributed by atoms with Crippen molar-refractivity contribution in [2.24, 2.45) is 11.3 Å². The van der Waals surface area contributed by atoms with Crippen molar-refractivity contribution >= 4 is 23.0 Å². The number of rotatable bonds is 1. The molecule has 1 aromatic carbocycles. The number of anilines is 2. The fourth-order valence-electron chi connectivity index (χ4n) is 2.79. The van der Waals surface area contributed by atoms with Gasteiger partial charge < -0.3 is 10.6 Å². The molecule has 2 rings (SSSR count). The lowest BCUT2D eigenvalue weighted by atomic mass is 9.75. The number of nitrogens with zero attached hydrogens (tertiary/aromatic N) is 1. The number of para-hydroxylation sites is 1. The summed E-state index contributed by atoms with van der Waals surface area (Å²) in [5, 5.41) is 0.658. The zero-order valence-electron chi connectivity index (χ0n) is 11.5. The summed E-state index contributed by atoms with van der Waals surface area (Å²) in [5.41, 5.74) is 8.28. The smallest absolute Gasteiger partial charge is 0.0741 e. The van der Waals surface area contributed by atoms with Gasteiger partial charge in [-0.1, -0.05) is 38.4 Å². The molecule has 0 bridgehead atoms. The Bertz CT molecular complexity index is 415. The van der Waals surface area contributed by atoms with Gasteiger partial charge in [-0.2, -0.15) is 0 Å². The van der Waals surface area contributed by atoms with Gasteiger partial charge in [0.05, 0.1) is 16.4 Å². The minimum atomic E-state index is 0.409. The lowest BCUT2D eigenvalue weighted by Gasteiger charge is -2.40. The van der Waals surface area contributed by atoms with E-state index in [-0.39, 0.29) is 0 Å². The minimum absolute atomic E-state index is 0.409. The molecule has 0 atom stereocenters. The van der Waals surface area contributed by atoms with Crippen molar-refractivity contribution in [1.82, 2.24) is 0 Å². The monoisotopic (exact) mass is 266 g/mol. The first kappa shape index (κ1) is 13.5. The van der Waals surface area contributed by atoms with Crippen LogP contribution in [-0.4, -0.2) is 13.1 Å². The highest BCUT2D eigenvalue weighted by Gasteiger charge is 2.29. The van der Waals surface area contributed by atoms with E-state index in [1.165, 1.54) is 12.8 Å². The molecule has 3 heteroatoms. The maximum absolute atomic E-state index is 6.08. The van der Waals surface area contributed by atoms with Crippen LogP contribution in [-0.2, 0) is 0 Å². The molecule has 0 spiro atoms. The summed E-state index contributed by atoms with van der Waals surface area (Å²) in [6.07, 6.45) is 2.46. The van der Waals surface area contributed by atoms with Crippen LogP contribution in [0, 0.1) is 11.3 Å². The molecular formula is C15H23ClN2. The van der Waals surface area contributed by atoms with Crippen LogP contribution >= 0.6 is 11.6 Å². The van der Waals surface area contributed by atoms with Crippen LogP contribution in [0.15, 0.2) is 18.2 Å². The van der Waals surface area contributed by atoms with E-state index in [1.54, 1.807) is 0 Å². The summed E-state index contributed by atoms with van der Waals surface area (Å²) in [7, 11) is 0. The Morgan fingerprint density at radius 3 is 2.39 bits per heavy atom. The van der Waals surface area contributed by atoms with Crippen LogP contribution in [0.4, 0.5) is 11.4 Å². The van der Waals surface area contributed by atoms with E-state index in [2.05, 4.69) is 31.7 Å². The zero-order valence-corrected chi connectivity index (χ0v) is 12.3. The summed E-state index contributed by atoms with van der Waals surface area (Å²) < 4.78 is 0. The third kappa shape index (κ3) is 2.74. The highest BCUT2D eigenvalue weighted by molar-refractivity contribution is 6.33. The molecule has 0 amide bonds. The standard InChI is InChI=1S/C15H23ClN2/c1-15(2,3)11-7-9-18(10-8-11)13-6-4-5-12(16)14(13)17/h4-6,11H,7-10,17H2,1-3H3. The van der Waals surface area contributed by atoms with Crippen LogP contribution in [0.2, 0.25) is 5.02 Å². The van der Waals surface area contributed by atoms with Gasteiger partial charge >= 0.3 is 0 Å². The van der Waals surface area contributed by atoms with Crippen molar-refractivity contribution in [1.29, 1.82) is 0 Å². The molecule has 0 radical (unpaired) electrons. The van der Waals surface area contributed by atoms with E-state index in [1.807, 2.05) is 12.1 Å². The lowest BCUT2D eigenvalue weighted by Crippen LogP contribution is -2.38. The first-order valence-electron chi connectivity index (χ1n) is 6.68. The van der Waals surface area contributed by atoms with Gasteiger partial charge in [0.1, 0.15) is 0 Å². The second-order valence-electron chi connectivity index (χ2n) is 6.30. The fourth-order valence-corrected chi connectivity index (χ4v) is 2.96. The first-order valence-corrected chi connectivity index (χ1v) is 7.06. The highest BCUT2D eigenvalue weighted by atomic mass is 35.5. The normalized spacial score (nSPS) is 18.1. The van der Waals surface area contributed by atoms with Gasteiger partial charge in [-0.3, -0.25) is 0 Å². The van der Waals surface area contributed by atoms with Crippen molar-refractivity contribution in [3.63, 3.8) is 0 Å². The Balaban J connectivity index is 2.08. The SMILES string of the molecule is CC(C)(C)C1CCN(c2cccc(Cl)c2N)CC1.